The van der Waals surface area contributed by atoms with Gasteiger partial charge in [-0.1, -0.05) is 6.92 Å². The molecule has 0 fully saturated rings. The molecular weight excluding hydrogens is 118 g/mol. The predicted octanol–water partition coefficient (Wildman–Crippen LogP) is 0.187. The maximum absolute atomic E-state index is 10.5. The Morgan fingerprint density at radius 2 is 2.00 bits per heavy atom. The highest BCUT2D eigenvalue weighted by atomic mass is 16.2. The van der Waals surface area contributed by atoms with Gasteiger partial charge >= 0.3 is 0 Å². The van der Waals surface area contributed by atoms with Crippen LogP contribution >= 0.6 is 0 Å². The largest absolute Gasteiger partial charge is 0.273 e. The van der Waals surface area contributed by atoms with Gasteiger partial charge < -0.3 is 0 Å². The number of rotatable bonds is 1. The van der Waals surface area contributed by atoms with Crippen LogP contribution in [0, 0.1) is 22.9 Å². The van der Waals surface area contributed by atoms with Crippen LogP contribution in [0.15, 0.2) is 0 Å². The first-order chi connectivity index (χ1) is 4.26. The van der Waals surface area contributed by atoms with Crippen LogP contribution in [-0.2, 0) is 4.79 Å². The molecule has 0 aromatic carbocycles. The lowest BCUT2D eigenvalue weighted by Gasteiger charge is -1.96. The third kappa shape index (κ3) is 1.79. The Hall–Kier alpha value is -1.55. The van der Waals surface area contributed by atoms with Crippen molar-refractivity contribution >= 4 is 5.91 Å². The number of carbonyl (C=O) groups excluding carboxylic acids is 1. The van der Waals surface area contributed by atoms with E-state index in [1.54, 1.807) is 6.92 Å². The highest BCUT2D eigenvalue weighted by molar-refractivity contribution is 5.78. The van der Waals surface area contributed by atoms with E-state index in [1.807, 2.05) is 0 Å². The molecule has 0 aromatic heterocycles. The summed E-state index contributed by atoms with van der Waals surface area (Å²) in [5.41, 5.74) is 0. The van der Waals surface area contributed by atoms with Gasteiger partial charge in [0.25, 0.3) is 0 Å². The van der Waals surface area contributed by atoms with Crippen molar-refractivity contribution in [1.29, 1.82) is 10.5 Å². The molecule has 0 N–H and O–H groups in total. The molecule has 0 saturated heterocycles. The van der Waals surface area contributed by atoms with Crippen LogP contribution in [0.4, 0.5) is 0 Å². The topological polar surface area (TPSA) is 67.9 Å². The fourth-order valence-electron chi connectivity index (χ4n) is 0.292. The van der Waals surface area contributed by atoms with Crippen LogP contribution < -0.4 is 0 Å². The Balaban J connectivity index is 4.05. The van der Waals surface area contributed by atoms with E-state index in [2.05, 4.69) is 0 Å². The van der Waals surface area contributed by atoms with Crippen LogP contribution in [0.1, 0.15) is 13.3 Å². The van der Waals surface area contributed by atoms with Gasteiger partial charge in [0.2, 0.25) is 18.3 Å². The molecule has 46 valence electrons. The average Bonchev–Trinajstić information content (AvgIpc) is 1.90. The third-order valence-electron chi connectivity index (χ3n) is 0.752. The molecule has 0 spiro atoms. The Morgan fingerprint density at radius 1 is 1.56 bits per heavy atom. The van der Waals surface area contributed by atoms with Crippen LogP contribution in [0.2, 0.25) is 0 Å². The molecule has 1 amide bonds. The zero-order valence-electron chi connectivity index (χ0n) is 4.96. The van der Waals surface area contributed by atoms with Gasteiger partial charge in [-0.2, -0.15) is 10.5 Å². The summed E-state index contributed by atoms with van der Waals surface area (Å²) in [5.74, 6) is -0.472. The van der Waals surface area contributed by atoms with Gasteiger partial charge in [0, 0.05) is 6.42 Å². The van der Waals surface area contributed by atoms with Gasteiger partial charge in [0.05, 0.1) is 0 Å². The molecule has 0 bridgehead atoms. The minimum Gasteiger partial charge on any atom is -0.273 e. The number of carbonyl (C=O) groups is 1. The van der Waals surface area contributed by atoms with E-state index in [1.165, 1.54) is 12.4 Å². The summed E-state index contributed by atoms with van der Waals surface area (Å²) in [6, 6.07) is 0. The molecule has 9 heavy (non-hydrogen) atoms. The summed E-state index contributed by atoms with van der Waals surface area (Å²) in [6.07, 6.45) is 3.03. The summed E-state index contributed by atoms with van der Waals surface area (Å²) < 4.78 is 0. The van der Waals surface area contributed by atoms with Crippen LogP contribution in [0.25, 0.3) is 0 Å². The lowest BCUT2D eigenvalue weighted by atomic mass is 10.4. The summed E-state index contributed by atoms with van der Waals surface area (Å²) in [7, 11) is 0. The number of amides is 1. The summed E-state index contributed by atoms with van der Waals surface area (Å²) in [4.78, 5) is 10.9. The monoisotopic (exact) mass is 123 g/mol. The molecule has 0 aromatic rings. The first-order valence-electron chi connectivity index (χ1n) is 2.38. The van der Waals surface area contributed by atoms with E-state index in [-0.39, 0.29) is 6.42 Å². The van der Waals surface area contributed by atoms with E-state index in [0.29, 0.717) is 4.90 Å². The highest BCUT2D eigenvalue weighted by Crippen LogP contribution is 1.87. The van der Waals surface area contributed by atoms with Crippen molar-refractivity contribution in [3.8, 4) is 12.4 Å². The van der Waals surface area contributed by atoms with Gasteiger partial charge in [-0.05, 0) is 0 Å². The fraction of sp³-hybridized carbons (Fsp3) is 0.400. The Bertz CT molecular complexity index is 171. The van der Waals surface area contributed by atoms with Crippen LogP contribution in [0.3, 0.4) is 0 Å². The molecular formula is C5H5N3O. The molecule has 4 nitrogen and oxygen atoms in total. The summed E-state index contributed by atoms with van der Waals surface area (Å²) in [6.45, 7) is 1.59. The van der Waals surface area contributed by atoms with Crippen molar-refractivity contribution in [1.82, 2.24) is 4.90 Å². The van der Waals surface area contributed by atoms with Crippen LogP contribution in [0.5, 0.6) is 0 Å². The highest BCUT2D eigenvalue weighted by Gasteiger charge is 2.07. The molecule has 0 saturated carbocycles. The Morgan fingerprint density at radius 3 is 2.11 bits per heavy atom. The number of hydrogen-bond acceptors (Lipinski definition) is 3. The molecule has 4 heteroatoms. The van der Waals surface area contributed by atoms with E-state index in [9.17, 15) is 4.79 Å². The molecule has 0 aliphatic rings. The van der Waals surface area contributed by atoms with Gasteiger partial charge in [0.15, 0.2) is 0 Å². The number of hydrogen-bond donors (Lipinski definition) is 0. The second-order valence-corrected chi connectivity index (χ2v) is 1.28. The van der Waals surface area contributed by atoms with Crippen molar-refractivity contribution < 1.29 is 4.79 Å². The minimum atomic E-state index is -0.472. The molecule has 0 radical (unpaired) electrons. The SMILES string of the molecule is CCC(=O)N(C#N)C#N. The summed E-state index contributed by atoms with van der Waals surface area (Å²) >= 11 is 0. The maximum atomic E-state index is 10.5. The third-order valence-corrected chi connectivity index (χ3v) is 0.752. The predicted molar refractivity (Wildman–Crippen MR) is 28.4 cm³/mol. The zero-order valence-corrected chi connectivity index (χ0v) is 4.96. The minimum absolute atomic E-state index is 0.182. The fourth-order valence-corrected chi connectivity index (χ4v) is 0.292. The van der Waals surface area contributed by atoms with Crippen molar-refractivity contribution in [3.05, 3.63) is 0 Å². The van der Waals surface area contributed by atoms with E-state index >= 15 is 0 Å². The lowest BCUT2D eigenvalue weighted by Crippen LogP contribution is -2.18. The average molecular weight is 123 g/mol. The molecule has 0 heterocycles. The normalized spacial score (nSPS) is 7.00. The van der Waals surface area contributed by atoms with Crippen molar-refractivity contribution in [2.24, 2.45) is 0 Å². The van der Waals surface area contributed by atoms with Crippen molar-refractivity contribution in [2.45, 2.75) is 13.3 Å². The van der Waals surface area contributed by atoms with E-state index < -0.39 is 5.91 Å². The summed E-state index contributed by atoms with van der Waals surface area (Å²) in [5, 5.41) is 16.1. The van der Waals surface area contributed by atoms with Gasteiger partial charge in [-0.3, -0.25) is 4.79 Å². The molecule has 0 unspecified atom stereocenters. The van der Waals surface area contributed by atoms with Crippen molar-refractivity contribution in [3.63, 3.8) is 0 Å². The van der Waals surface area contributed by atoms with Gasteiger partial charge in [-0.25, -0.2) is 0 Å². The molecule has 0 rings (SSSR count). The standard InChI is InChI=1S/C5H5N3O/c1-2-5(9)8(3-6)4-7/h2H2,1H3. The first-order valence-corrected chi connectivity index (χ1v) is 2.38. The smallest absolute Gasteiger partial charge is 0.248 e. The Kier molecular flexibility index (Phi) is 2.86. The van der Waals surface area contributed by atoms with E-state index in [0.717, 1.165) is 0 Å². The Labute approximate surface area is 52.9 Å². The second kappa shape index (κ2) is 3.45. The van der Waals surface area contributed by atoms with Gasteiger partial charge in [-0.15, -0.1) is 4.90 Å². The lowest BCUT2D eigenvalue weighted by molar-refractivity contribution is -0.125. The quantitative estimate of drug-likeness (QED) is 0.369. The molecule has 0 aliphatic heterocycles. The molecule has 0 aliphatic carbocycles. The first kappa shape index (κ1) is 7.45. The van der Waals surface area contributed by atoms with Crippen molar-refractivity contribution in [2.75, 3.05) is 0 Å². The second-order valence-electron chi connectivity index (χ2n) is 1.28. The number of nitriles is 2. The zero-order chi connectivity index (χ0) is 7.28. The maximum Gasteiger partial charge on any atom is 0.248 e. The molecule has 0 atom stereocenters. The van der Waals surface area contributed by atoms with E-state index in [4.69, 9.17) is 10.5 Å². The van der Waals surface area contributed by atoms with Gasteiger partial charge in [0.1, 0.15) is 0 Å². The van der Waals surface area contributed by atoms with Crippen LogP contribution in [-0.4, -0.2) is 10.8 Å². The number of nitrogens with zero attached hydrogens (tertiary/aromatic N) is 3.